The van der Waals surface area contributed by atoms with Crippen LogP contribution in [0.1, 0.15) is 65.2 Å². The molecule has 5 amide bonds. The van der Waals surface area contributed by atoms with Gasteiger partial charge in [-0.3, -0.25) is 24.0 Å². The lowest BCUT2D eigenvalue weighted by molar-refractivity contribution is -0.132. The SMILES string of the molecule is CCCNC(=O)[C@H](CCCCN)NC(=O)CNC(=O)C(CCCCN)NC(=O)CNC(=O)CC. The van der Waals surface area contributed by atoms with Crippen molar-refractivity contribution in [2.75, 3.05) is 32.7 Å². The van der Waals surface area contributed by atoms with Crippen LogP contribution in [0, 0.1) is 0 Å². The highest BCUT2D eigenvalue weighted by atomic mass is 16.2. The predicted molar refractivity (Wildman–Crippen MR) is 129 cm³/mol. The number of carbonyl (C=O) groups excluding carboxylic acids is 5. The molecule has 0 spiro atoms. The zero-order valence-corrected chi connectivity index (χ0v) is 20.5. The van der Waals surface area contributed by atoms with Gasteiger partial charge in [0.15, 0.2) is 0 Å². The van der Waals surface area contributed by atoms with E-state index in [-0.39, 0.29) is 31.3 Å². The zero-order chi connectivity index (χ0) is 25.8. The van der Waals surface area contributed by atoms with Gasteiger partial charge in [-0.25, -0.2) is 0 Å². The quantitative estimate of drug-likeness (QED) is 0.107. The normalized spacial score (nSPS) is 12.2. The van der Waals surface area contributed by atoms with Crippen LogP contribution in [0.4, 0.5) is 0 Å². The number of carbonyl (C=O) groups is 5. The van der Waals surface area contributed by atoms with Crippen LogP contribution in [0.3, 0.4) is 0 Å². The highest BCUT2D eigenvalue weighted by molar-refractivity contribution is 5.93. The lowest BCUT2D eigenvalue weighted by Gasteiger charge is -2.20. The number of amides is 5. The summed E-state index contributed by atoms with van der Waals surface area (Å²) in [4.78, 5) is 60.8. The molecule has 0 radical (unpaired) electrons. The Balaban J connectivity index is 4.86. The molecule has 0 bridgehead atoms. The third-order valence-corrected chi connectivity index (χ3v) is 4.94. The highest BCUT2D eigenvalue weighted by Gasteiger charge is 2.23. The first-order chi connectivity index (χ1) is 16.3. The topological polar surface area (TPSA) is 198 Å². The van der Waals surface area contributed by atoms with Crippen LogP contribution in [-0.4, -0.2) is 74.3 Å². The van der Waals surface area contributed by atoms with Gasteiger partial charge in [-0.2, -0.15) is 0 Å². The van der Waals surface area contributed by atoms with Crippen LogP contribution in [0.25, 0.3) is 0 Å². The smallest absolute Gasteiger partial charge is 0.243 e. The molecule has 0 aromatic heterocycles. The van der Waals surface area contributed by atoms with Crippen LogP contribution in [0.2, 0.25) is 0 Å². The molecule has 12 heteroatoms. The van der Waals surface area contributed by atoms with Crippen molar-refractivity contribution in [2.45, 2.75) is 77.3 Å². The van der Waals surface area contributed by atoms with Crippen molar-refractivity contribution >= 4 is 29.5 Å². The Labute approximate surface area is 202 Å². The summed E-state index contributed by atoms with van der Waals surface area (Å²) < 4.78 is 0. The van der Waals surface area contributed by atoms with Gasteiger partial charge in [0.05, 0.1) is 13.1 Å². The third kappa shape index (κ3) is 15.2. The van der Waals surface area contributed by atoms with Gasteiger partial charge >= 0.3 is 0 Å². The van der Waals surface area contributed by atoms with E-state index >= 15 is 0 Å². The summed E-state index contributed by atoms with van der Waals surface area (Å²) in [5.74, 6) is -2.11. The fourth-order valence-electron chi connectivity index (χ4n) is 2.98. The van der Waals surface area contributed by atoms with E-state index in [9.17, 15) is 24.0 Å². The maximum absolute atomic E-state index is 12.6. The second kappa shape index (κ2) is 19.7. The highest BCUT2D eigenvalue weighted by Crippen LogP contribution is 2.02. The van der Waals surface area contributed by atoms with Crippen molar-refractivity contribution in [2.24, 2.45) is 11.5 Å². The lowest BCUT2D eigenvalue weighted by atomic mass is 10.1. The van der Waals surface area contributed by atoms with Gasteiger partial charge in [-0.05, 0) is 58.0 Å². The van der Waals surface area contributed by atoms with E-state index in [2.05, 4.69) is 26.6 Å². The number of hydrogen-bond donors (Lipinski definition) is 7. The fourth-order valence-corrected chi connectivity index (χ4v) is 2.98. The first-order valence-electron chi connectivity index (χ1n) is 12.1. The van der Waals surface area contributed by atoms with Crippen molar-refractivity contribution in [1.29, 1.82) is 0 Å². The molecule has 9 N–H and O–H groups in total. The van der Waals surface area contributed by atoms with E-state index < -0.39 is 29.8 Å². The van der Waals surface area contributed by atoms with Crippen LogP contribution >= 0.6 is 0 Å². The Morgan fingerprint density at radius 2 is 1.12 bits per heavy atom. The van der Waals surface area contributed by atoms with Crippen molar-refractivity contribution < 1.29 is 24.0 Å². The van der Waals surface area contributed by atoms with Crippen LogP contribution in [0.15, 0.2) is 0 Å². The number of nitrogens with two attached hydrogens (primary N) is 2. The lowest BCUT2D eigenvalue weighted by Crippen LogP contribution is -2.53. The maximum atomic E-state index is 12.6. The molecule has 0 aliphatic heterocycles. The minimum atomic E-state index is -0.876. The van der Waals surface area contributed by atoms with Crippen LogP contribution in [-0.2, 0) is 24.0 Å². The van der Waals surface area contributed by atoms with Gasteiger partial charge in [0.2, 0.25) is 29.5 Å². The fraction of sp³-hybridized carbons (Fsp3) is 0.773. The molecule has 0 saturated carbocycles. The Morgan fingerprint density at radius 1 is 0.647 bits per heavy atom. The average molecular weight is 486 g/mol. The molecule has 0 rings (SSSR count). The molecule has 34 heavy (non-hydrogen) atoms. The first kappa shape index (κ1) is 31.3. The molecule has 0 aromatic carbocycles. The molecule has 0 fully saturated rings. The summed E-state index contributed by atoms with van der Waals surface area (Å²) in [5.41, 5.74) is 11.0. The number of unbranched alkanes of at least 4 members (excludes halogenated alkanes) is 2. The molecule has 0 aliphatic rings. The number of hydrogen-bond acceptors (Lipinski definition) is 7. The summed E-state index contributed by atoms with van der Waals surface area (Å²) in [6, 6.07) is -1.59. The summed E-state index contributed by atoms with van der Waals surface area (Å²) in [5, 5.41) is 13.0. The molecular weight excluding hydrogens is 442 g/mol. The molecule has 0 saturated heterocycles. The zero-order valence-electron chi connectivity index (χ0n) is 20.5. The van der Waals surface area contributed by atoms with Crippen LogP contribution in [0.5, 0.6) is 0 Å². The van der Waals surface area contributed by atoms with Crippen LogP contribution < -0.4 is 38.1 Å². The van der Waals surface area contributed by atoms with Gasteiger partial charge in [0.25, 0.3) is 0 Å². The minimum Gasteiger partial charge on any atom is -0.354 e. The second-order valence-corrected chi connectivity index (χ2v) is 7.95. The first-order valence-corrected chi connectivity index (χ1v) is 12.1. The van der Waals surface area contributed by atoms with Crippen molar-refractivity contribution in [3.8, 4) is 0 Å². The van der Waals surface area contributed by atoms with E-state index in [4.69, 9.17) is 11.5 Å². The Morgan fingerprint density at radius 3 is 1.56 bits per heavy atom. The summed E-state index contributed by atoms with van der Waals surface area (Å²) in [7, 11) is 0. The molecule has 0 aliphatic carbocycles. The Hall–Kier alpha value is -2.73. The molecule has 2 atom stereocenters. The van der Waals surface area contributed by atoms with Gasteiger partial charge in [-0.1, -0.05) is 13.8 Å². The van der Waals surface area contributed by atoms with E-state index in [1.807, 2.05) is 6.92 Å². The minimum absolute atomic E-state index is 0.243. The molecule has 196 valence electrons. The third-order valence-electron chi connectivity index (χ3n) is 4.94. The predicted octanol–water partition coefficient (Wildman–Crippen LogP) is -1.62. The van der Waals surface area contributed by atoms with Gasteiger partial charge in [0, 0.05) is 13.0 Å². The summed E-state index contributed by atoms with van der Waals surface area (Å²) in [6.07, 6.45) is 4.46. The van der Waals surface area contributed by atoms with Crippen molar-refractivity contribution in [1.82, 2.24) is 26.6 Å². The van der Waals surface area contributed by atoms with E-state index in [1.165, 1.54) is 0 Å². The monoisotopic (exact) mass is 485 g/mol. The van der Waals surface area contributed by atoms with E-state index in [1.54, 1.807) is 6.92 Å². The van der Waals surface area contributed by atoms with Gasteiger partial charge in [0.1, 0.15) is 12.1 Å². The van der Waals surface area contributed by atoms with E-state index in [0.717, 1.165) is 12.8 Å². The maximum Gasteiger partial charge on any atom is 0.243 e. The Kier molecular flexibility index (Phi) is 18.1. The standard InChI is InChI=1S/C22H43N7O5/c1-3-13-25-21(33)16(9-5-7-11-23)28-20(32)15-27-22(34)17(10-6-8-12-24)29-19(31)14-26-18(30)4-2/h16-17H,3-15,23-24H2,1-2H3,(H,25,33)(H,26,30)(H,27,34)(H,28,32)(H,29,31)/t16-,17?/m0/s1. The van der Waals surface area contributed by atoms with Gasteiger partial charge < -0.3 is 38.1 Å². The van der Waals surface area contributed by atoms with E-state index in [0.29, 0.717) is 51.7 Å². The molecule has 1 unspecified atom stereocenters. The van der Waals surface area contributed by atoms with Crippen molar-refractivity contribution in [3.63, 3.8) is 0 Å². The molecule has 0 heterocycles. The molecule has 0 aromatic rings. The average Bonchev–Trinajstić information content (AvgIpc) is 2.83. The largest absolute Gasteiger partial charge is 0.354 e. The number of rotatable bonds is 19. The molecule has 12 nitrogen and oxygen atoms in total. The van der Waals surface area contributed by atoms with Crippen molar-refractivity contribution in [3.05, 3.63) is 0 Å². The number of nitrogens with one attached hydrogen (secondary N) is 5. The van der Waals surface area contributed by atoms with Gasteiger partial charge in [-0.15, -0.1) is 0 Å². The summed E-state index contributed by atoms with van der Waals surface area (Å²) in [6.45, 7) is 4.45. The second-order valence-electron chi connectivity index (χ2n) is 7.95. The summed E-state index contributed by atoms with van der Waals surface area (Å²) >= 11 is 0. The Bertz CT molecular complexity index is 645. The molecular formula is C22H43N7O5.